The third-order valence-electron chi connectivity index (χ3n) is 4.15. The Morgan fingerprint density at radius 3 is 2.50 bits per heavy atom. The lowest BCUT2D eigenvalue weighted by molar-refractivity contribution is -0.137. The molecule has 0 unspecified atom stereocenters. The van der Waals surface area contributed by atoms with Crippen molar-refractivity contribution in [3.05, 3.63) is 87.8 Å². The first-order valence-electron chi connectivity index (χ1n) is 8.20. The zero-order chi connectivity index (χ0) is 19.7. The number of hydrogen-bond acceptors (Lipinski definition) is 4. The fourth-order valence-electron chi connectivity index (χ4n) is 2.83. The molecule has 8 heteroatoms. The number of nitrogens with zero attached hydrogens (tertiary/aromatic N) is 3. The topological polar surface area (TPSA) is 47.2 Å². The van der Waals surface area contributed by atoms with E-state index in [0.717, 1.165) is 28.1 Å². The van der Waals surface area contributed by atoms with E-state index in [0.29, 0.717) is 10.2 Å². The summed E-state index contributed by atoms with van der Waals surface area (Å²) in [5, 5.41) is 6.16. The second kappa shape index (κ2) is 7.05. The van der Waals surface area contributed by atoms with Crippen LogP contribution in [-0.2, 0) is 6.18 Å². The minimum absolute atomic E-state index is 0.129. The highest BCUT2D eigenvalue weighted by atomic mass is 32.1. The molecule has 0 radical (unpaired) electrons. The summed E-state index contributed by atoms with van der Waals surface area (Å²) >= 11 is 1.33. The third kappa shape index (κ3) is 3.34. The van der Waals surface area contributed by atoms with E-state index in [9.17, 15) is 18.0 Å². The zero-order valence-electron chi connectivity index (χ0n) is 14.2. The summed E-state index contributed by atoms with van der Waals surface area (Å²) in [7, 11) is 0. The lowest BCUT2D eigenvalue weighted by Gasteiger charge is -2.09. The van der Waals surface area contributed by atoms with Gasteiger partial charge in [-0.1, -0.05) is 48.5 Å². The van der Waals surface area contributed by atoms with E-state index >= 15 is 0 Å². The molecule has 0 fully saturated rings. The van der Waals surface area contributed by atoms with Crippen LogP contribution < -0.4 is 5.56 Å². The number of fused-ring (bicyclic) bond motifs is 1. The molecule has 0 aliphatic rings. The standard InChI is InChI=1S/C20H12F3N3OS/c21-20(22,23)16-9-5-4-8-14(16)10-25-26-12-24-18-17(19(26)27)15(11-28-18)13-6-2-1-3-7-13/h1-12H/b25-10+. The van der Waals surface area contributed by atoms with Crippen molar-refractivity contribution >= 4 is 27.8 Å². The van der Waals surface area contributed by atoms with E-state index in [4.69, 9.17) is 0 Å². The number of alkyl halides is 3. The molecule has 4 rings (SSSR count). The van der Waals surface area contributed by atoms with Gasteiger partial charge < -0.3 is 0 Å². The second-order valence-corrected chi connectivity index (χ2v) is 6.78. The molecule has 0 saturated heterocycles. The molecule has 2 aromatic heterocycles. The van der Waals surface area contributed by atoms with Gasteiger partial charge in [0.05, 0.1) is 17.2 Å². The van der Waals surface area contributed by atoms with Crippen molar-refractivity contribution < 1.29 is 13.2 Å². The van der Waals surface area contributed by atoms with Crippen LogP contribution in [0.5, 0.6) is 0 Å². The van der Waals surface area contributed by atoms with Crippen molar-refractivity contribution in [2.24, 2.45) is 5.10 Å². The van der Waals surface area contributed by atoms with E-state index in [-0.39, 0.29) is 5.56 Å². The van der Waals surface area contributed by atoms with Gasteiger partial charge in [-0.3, -0.25) is 4.79 Å². The van der Waals surface area contributed by atoms with Crippen LogP contribution in [-0.4, -0.2) is 15.9 Å². The van der Waals surface area contributed by atoms with E-state index in [1.54, 1.807) is 0 Å². The maximum absolute atomic E-state index is 13.1. The van der Waals surface area contributed by atoms with Gasteiger partial charge in [0, 0.05) is 16.5 Å². The maximum Gasteiger partial charge on any atom is 0.417 e. The lowest BCUT2D eigenvalue weighted by atomic mass is 10.1. The quantitative estimate of drug-likeness (QED) is 0.454. The molecule has 0 N–H and O–H groups in total. The Morgan fingerprint density at radius 2 is 1.75 bits per heavy atom. The largest absolute Gasteiger partial charge is 0.417 e. The van der Waals surface area contributed by atoms with Crippen LogP contribution in [0.4, 0.5) is 13.2 Å². The van der Waals surface area contributed by atoms with E-state index in [1.165, 1.54) is 35.9 Å². The molecule has 140 valence electrons. The lowest BCUT2D eigenvalue weighted by Crippen LogP contribution is -2.17. The van der Waals surface area contributed by atoms with Crippen molar-refractivity contribution in [2.75, 3.05) is 0 Å². The zero-order valence-corrected chi connectivity index (χ0v) is 15.0. The first-order valence-corrected chi connectivity index (χ1v) is 9.08. The molecule has 0 aliphatic carbocycles. The van der Waals surface area contributed by atoms with E-state index in [2.05, 4.69) is 10.1 Å². The molecule has 0 saturated carbocycles. The van der Waals surface area contributed by atoms with Gasteiger partial charge in [-0.15, -0.1) is 11.3 Å². The van der Waals surface area contributed by atoms with Crippen molar-refractivity contribution in [3.8, 4) is 11.1 Å². The van der Waals surface area contributed by atoms with Crippen molar-refractivity contribution in [1.82, 2.24) is 9.66 Å². The van der Waals surface area contributed by atoms with Crippen molar-refractivity contribution in [1.29, 1.82) is 0 Å². The molecule has 2 heterocycles. The summed E-state index contributed by atoms with van der Waals surface area (Å²) in [6.07, 6.45) is -2.28. The van der Waals surface area contributed by atoms with Crippen LogP contribution in [0.2, 0.25) is 0 Å². The van der Waals surface area contributed by atoms with Gasteiger partial charge in [-0.2, -0.15) is 22.9 Å². The second-order valence-electron chi connectivity index (χ2n) is 5.92. The Bertz CT molecular complexity index is 1230. The highest BCUT2D eigenvalue weighted by Crippen LogP contribution is 2.31. The van der Waals surface area contributed by atoms with Crippen molar-refractivity contribution in [2.45, 2.75) is 6.18 Å². The van der Waals surface area contributed by atoms with Gasteiger partial charge in [0.1, 0.15) is 11.2 Å². The summed E-state index contributed by atoms with van der Waals surface area (Å²) in [5.41, 5.74) is 0.193. The monoisotopic (exact) mass is 399 g/mol. The van der Waals surface area contributed by atoms with Gasteiger partial charge in [0.2, 0.25) is 0 Å². The normalized spacial score (nSPS) is 12.1. The maximum atomic E-state index is 13.1. The Labute approximate surface area is 161 Å². The number of hydrogen-bond donors (Lipinski definition) is 0. The van der Waals surface area contributed by atoms with E-state index in [1.807, 2.05) is 35.7 Å². The molecule has 0 atom stereocenters. The number of thiophene rings is 1. The summed E-state index contributed by atoms with van der Waals surface area (Å²) in [6.45, 7) is 0. The molecule has 2 aromatic carbocycles. The molecular weight excluding hydrogens is 387 g/mol. The Balaban J connectivity index is 1.81. The average molecular weight is 399 g/mol. The summed E-state index contributed by atoms with van der Waals surface area (Å²) < 4.78 is 40.3. The van der Waals surface area contributed by atoms with E-state index < -0.39 is 17.3 Å². The minimum Gasteiger partial charge on any atom is -0.267 e. The summed E-state index contributed by atoms with van der Waals surface area (Å²) in [4.78, 5) is 17.6. The summed E-state index contributed by atoms with van der Waals surface area (Å²) in [6, 6.07) is 14.4. The number of benzene rings is 2. The third-order valence-corrected chi connectivity index (χ3v) is 5.04. The molecule has 0 amide bonds. The Kier molecular flexibility index (Phi) is 4.56. The number of aromatic nitrogens is 2. The predicted octanol–water partition coefficient (Wildman–Crippen LogP) is 5.03. The number of halogens is 3. The fraction of sp³-hybridized carbons (Fsp3) is 0.0500. The van der Waals surface area contributed by atoms with Gasteiger partial charge in [-0.25, -0.2) is 4.98 Å². The van der Waals surface area contributed by atoms with Crippen LogP contribution in [0.25, 0.3) is 21.3 Å². The Hall–Kier alpha value is -3.26. The number of rotatable bonds is 3. The van der Waals surface area contributed by atoms with Gasteiger partial charge >= 0.3 is 6.18 Å². The van der Waals surface area contributed by atoms with Crippen molar-refractivity contribution in [3.63, 3.8) is 0 Å². The average Bonchev–Trinajstić information content (AvgIpc) is 3.13. The summed E-state index contributed by atoms with van der Waals surface area (Å²) in [5.74, 6) is 0. The molecule has 28 heavy (non-hydrogen) atoms. The Morgan fingerprint density at radius 1 is 1.04 bits per heavy atom. The molecular formula is C20H12F3N3OS. The SMILES string of the molecule is O=c1c2c(-c3ccccc3)csc2ncn1/N=C/c1ccccc1C(F)(F)F. The van der Waals surface area contributed by atoms with Gasteiger partial charge in [0.25, 0.3) is 5.56 Å². The highest BCUT2D eigenvalue weighted by Gasteiger charge is 2.32. The first kappa shape index (κ1) is 18.1. The predicted molar refractivity (Wildman–Crippen MR) is 104 cm³/mol. The van der Waals surface area contributed by atoms with Crippen LogP contribution in [0.3, 0.4) is 0 Å². The minimum atomic E-state index is -4.51. The highest BCUT2D eigenvalue weighted by molar-refractivity contribution is 7.17. The molecule has 0 bridgehead atoms. The fourth-order valence-corrected chi connectivity index (χ4v) is 3.73. The molecule has 0 aliphatic heterocycles. The van der Waals surface area contributed by atoms with Crippen LogP contribution in [0, 0.1) is 0 Å². The smallest absolute Gasteiger partial charge is 0.267 e. The van der Waals surface area contributed by atoms with Crippen LogP contribution in [0.1, 0.15) is 11.1 Å². The molecule has 0 spiro atoms. The first-order chi connectivity index (χ1) is 13.4. The molecule has 4 aromatic rings. The van der Waals surface area contributed by atoms with Crippen LogP contribution >= 0.6 is 11.3 Å². The van der Waals surface area contributed by atoms with Gasteiger partial charge in [-0.05, 0) is 11.6 Å². The van der Waals surface area contributed by atoms with Gasteiger partial charge in [0.15, 0.2) is 0 Å². The molecule has 4 nitrogen and oxygen atoms in total. The van der Waals surface area contributed by atoms with Crippen LogP contribution in [0.15, 0.2) is 76.2 Å².